The van der Waals surface area contributed by atoms with Gasteiger partial charge in [-0.05, 0) is 26.7 Å². The van der Waals surface area contributed by atoms with Crippen LogP contribution in [0.5, 0.6) is 0 Å². The monoisotopic (exact) mass is 423 g/mol. The zero-order chi connectivity index (χ0) is 20.8. The van der Waals surface area contributed by atoms with Crippen LogP contribution in [0.4, 0.5) is 5.82 Å². The van der Waals surface area contributed by atoms with Crippen molar-refractivity contribution in [3.63, 3.8) is 0 Å². The van der Waals surface area contributed by atoms with Gasteiger partial charge in [0.05, 0.1) is 17.5 Å². The average Bonchev–Trinajstić information content (AvgIpc) is 3.38. The van der Waals surface area contributed by atoms with Crippen LogP contribution in [-0.4, -0.2) is 94.4 Å². The van der Waals surface area contributed by atoms with Gasteiger partial charge in [-0.1, -0.05) is 5.16 Å². The second-order valence-corrected chi connectivity index (χ2v) is 8.84. The molecule has 3 amide bonds. The molecule has 3 rings (SSSR count). The van der Waals surface area contributed by atoms with E-state index >= 15 is 0 Å². The molecule has 2 fully saturated rings. The van der Waals surface area contributed by atoms with Crippen LogP contribution in [0, 0.1) is 6.92 Å². The van der Waals surface area contributed by atoms with Crippen molar-refractivity contribution in [1.82, 2.24) is 19.9 Å². The Balaban J connectivity index is 1.34. The second kappa shape index (κ2) is 10.1. The molecular weight excluding hydrogens is 394 g/mol. The number of amides is 3. The van der Waals surface area contributed by atoms with Gasteiger partial charge in [0.15, 0.2) is 5.82 Å². The summed E-state index contributed by atoms with van der Waals surface area (Å²) in [7, 11) is 0. The lowest BCUT2D eigenvalue weighted by Crippen LogP contribution is -2.51. The van der Waals surface area contributed by atoms with Crippen LogP contribution < -0.4 is 5.32 Å². The molecular formula is C19H29N5O4S. The maximum Gasteiger partial charge on any atom is 0.238 e. The Hall–Kier alpha value is -2.07. The summed E-state index contributed by atoms with van der Waals surface area (Å²) in [6.45, 7) is 8.35. The molecule has 3 heterocycles. The number of carbonyl (C=O) groups is 3. The van der Waals surface area contributed by atoms with Crippen LogP contribution in [0.15, 0.2) is 10.6 Å². The molecule has 0 aliphatic carbocycles. The third kappa shape index (κ3) is 6.20. The average molecular weight is 424 g/mol. The molecule has 2 saturated heterocycles. The summed E-state index contributed by atoms with van der Waals surface area (Å²) < 4.78 is 4.92. The van der Waals surface area contributed by atoms with Crippen molar-refractivity contribution >= 4 is 35.3 Å². The van der Waals surface area contributed by atoms with Gasteiger partial charge in [-0.25, -0.2) is 0 Å². The van der Waals surface area contributed by atoms with E-state index in [0.29, 0.717) is 44.3 Å². The predicted molar refractivity (Wildman–Crippen MR) is 111 cm³/mol. The zero-order valence-corrected chi connectivity index (χ0v) is 17.9. The fourth-order valence-electron chi connectivity index (χ4n) is 3.43. The summed E-state index contributed by atoms with van der Waals surface area (Å²) in [5.41, 5.74) is 0. The molecule has 0 spiro atoms. The van der Waals surface area contributed by atoms with E-state index in [-0.39, 0.29) is 28.7 Å². The maximum absolute atomic E-state index is 12.5. The lowest BCUT2D eigenvalue weighted by atomic mass is 10.3. The van der Waals surface area contributed by atoms with Gasteiger partial charge in [0, 0.05) is 45.3 Å². The summed E-state index contributed by atoms with van der Waals surface area (Å²) in [6, 6.07) is 1.65. The van der Waals surface area contributed by atoms with Crippen LogP contribution in [0.1, 0.15) is 25.5 Å². The predicted octanol–water partition coefficient (Wildman–Crippen LogP) is 0.810. The highest BCUT2D eigenvalue weighted by Crippen LogP contribution is 2.16. The summed E-state index contributed by atoms with van der Waals surface area (Å²) in [4.78, 5) is 42.8. The molecule has 0 aromatic carbocycles. The highest BCUT2D eigenvalue weighted by molar-refractivity contribution is 8.01. The first-order valence-electron chi connectivity index (χ1n) is 10.1. The van der Waals surface area contributed by atoms with Crippen LogP contribution in [-0.2, 0) is 14.4 Å². The number of hydrogen-bond donors (Lipinski definition) is 1. The van der Waals surface area contributed by atoms with Gasteiger partial charge in [0.1, 0.15) is 5.76 Å². The van der Waals surface area contributed by atoms with Crippen molar-refractivity contribution in [2.75, 3.05) is 56.9 Å². The Morgan fingerprint density at radius 2 is 1.76 bits per heavy atom. The van der Waals surface area contributed by atoms with Crippen molar-refractivity contribution in [3.8, 4) is 0 Å². The Bertz CT molecular complexity index is 726. The van der Waals surface area contributed by atoms with Crippen molar-refractivity contribution < 1.29 is 18.9 Å². The van der Waals surface area contributed by atoms with E-state index in [2.05, 4.69) is 15.4 Å². The van der Waals surface area contributed by atoms with Crippen LogP contribution in [0.25, 0.3) is 0 Å². The van der Waals surface area contributed by atoms with Crippen molar-refractivity contribution in [1.29, 1.82) is 0 Å². The molecule has 9 nitrogen and oxygen atoms in total. The lowest BCUT2D eigenvalue weighted by molar-refractivity contribution is -0.133. The number of aromatic nitrogens is 1. The van der Waals surface area contributed by atoms with E-state index < -0.39 is 0 Å². The standard InChI is InChI=1S/C19H29N5O4S/c1-14-11-16(21-28-14)20-19(27)15(2)29-13-18(26)24-9-7-22(8-10-24)12-17(25)23-5-3-4-6-23/h11,15H,3-10,12-13H2,1-2H3,(H,20,21,27). The number of thioether (sulfide) groups is 1. The topological polar surface area (TPSA) is 99.0 Å². The van der Waals surface area contributed by atoms with Gasteiger partial charge in [0.25, 0.3) is 0 Å². The van der Waals surface area contributed by atoms with E-state index in [1.54, 1.807) is 19.9 Å². The summed E-state index contributed by atoms with van der Waals surface area (Å²) >= 11 is 1.30. The molecule has 160 valence electrons. The van der Waals surface area contributed by atoms with Crippen molar-refractivity contribution in [2.45, 2.75) is 31.9 Å². The first-order valence-corrected chi connectivity index (χ1v) is 11.1. The minimum absolute atomic E-state index is 0.0254. The third-order valence-corrected chi connectivity index (χ3v) is 6.38. The number of carbonyl (C=O) groups excluding carboxylic acids is 3. The first-order chi connectivity index (χ1) is 13.9. The van der Waals surface area contributed by atoms with Crippen LogP contribution in [0.2, 0.25) is 0 Å². The number of nitrogens with zero attached hydrogens (tertiary/aromatic N) is 4. The van der Waals surface area contributed by atoms with E-state index in [1.807, 2.05) is 9.80 Å². The van der Waals surface area contributed by atoms with E-state index in [9.17, 15) is 14.4 Å². The molecule has 2 aliphatic heterocycles. The molecule has 0 radical (unpaired) electrons. The third-order valence-electron chi connectivity index (χ3n) is 5.25. The molecule has 1 aromatic rings. The zero-order valence-electron chi connectivity index (χ0n) is 17.1. The second-order valence-electron chi connectivity index (χ2n) is 7.51. The number of hydrogen-bond acceptors (Lipinski definition) is 7. The van der Waals surface area contributed by atoms with E-state index in [0.717, 1.165) is 25.9 Å². The molecule has 0 saturated carbocycles. The van der Waals surface area contributed by atoms with Gasteiger partial charge in [-0.15, -0.1) is 11.8 Å². The first kappa shape index (κ1) is 21.6. The highest BCUT2D eigenvalue weighted by Gasteiger charge is 2.26. The Kier molecular flexibility index (Phi) is 7.54. The van der Waals surface area contributed by atoms with Gasteiger partial charge < -0.3 is 19.6 Å². The number of anilines is 1. The van der Waals surface area contributed by atoms with E-state index in [4.69, 9.17) is 4.52 Å². The number of likely N-dealkylation sites (tertiary alicyclic amines) is 1. The fourth-order valence-corrected chi connectivity index (χ4v) is 4.22. The quantitative estimate of drug-likeness (QED) is 0.693. The number of piperazine rings is 1. The Morgan fingerprint density at radius 3 is 2.38 bits per heavy atom. The summed E-state index contributed by atoms with van der Waals surface area (Å²) in [5.74, 6) is 1.26. The Labute approximate surface area is 175 Å². The van der Waals surface area contributed by atoms with Gasteiger partial charge in [0.2, 0.25) is 17.7 Å². The molecule has 1 unspecified atom stereocenters. The maximum atomic E-state index is 12.5. The smallest absolute Gasteiger partial charge is 0.238 e. The van der Waals surface area contributed by atoms with Crippen molar-refractivity contribution in [2.24, 2.45) is 0 Å². The highest BCUT2D eigenvalue weighted by atomic mass is 32.2. The van der Waals surface area contributed by atoms with Gasteiger partial charge in [-0.2, -0.15) is 0 Å². The number of aryl methyl sites for hydroxylation is 1. The van der Waals surface area contributed by atoms with Gasteiger partial charge in [-0.3, -0.25) is 19.3 Å². The fraction of sp³-hybridized carbons (Fsp3) is 0.684. The summed E-state index contributed by atoms with van der Waals surface area (Å²) in [6.07, 6.45) is 2.20. The van der Waals surface area contributed by atoms with Crippen LogP contribution in [0.3, 0.4) is 0 Å². The molecule has 1 aromatic heterocycles. The molecule has 2 aliphatic rings. The molecule has 0 bridgehead atoms. The van der Waals surface area contributed by atoms with Crippen LogP contribution >= 0.6 is 11.8 Å². The van der Waals surface area contributed by atoms with Crippen molar-refractivity contribution in [3.05, 3.63) is 11.8 Å². The van der Waals surface area contributed by atoms with E-state index in [1.165, 1.54) is 11.8 Å². The molecule has 1 N–H and O–H groups in total. The van der Waals surface area contributed by atoms with Gasteiger partial charge >= 0.3 is 0 Å². The SMILES string of the molecule is Cc1cc(NC(=O)C(C)SCC(=O)N2CCN(CC(=O)N3CCCC3)CC2)no1. The molecule has 1 atom stereocenters. The summed E-state index contributed by atoms with van der Waals surface area (Å²) in [5, 5.41) is 6.04. The lowest BCUT2D eigenvalue weighted by Gasteiger charge is -2.35. The largest absolute Gasteiger partial charge is 0.360 e. The normalized spacial score (nSPS) is 18.7. The number of rotatable bonds is 7. The minimum Gasteiger partial charge on any atom is -0.360 e. The Morgan fingerprint density at radius 1 is 1.10 bits per heavy atom. The number of nitrogens with one attached hydrogen (secondary N) is 1. The molecule has 29 heavy (non-hydrogen) atoms. The molecule has 10 heteroatoms. The minimum atomic E-state index is -0.379.